The van der Waals surface area contributed by atoms with Gasteiger partial charge in [0, 0.05) is 25.2 Å². The third-order valence-corrected chi connectivity index (χ3v) is 7.30. The fourth-order valence-electron chi connectivity index (χ4n) is 3.73. The number of halogens is 1. The van der Waals surface area contributed by atoms with Crippen LogP contribution in [0.25, 0.3) is 0 Å². The van der Waals surface area contributed by atoms with Crippen LogP contribution in [0.1, 0.15) is 19.3 Å². The smallest absolute Gasteiger partial charge is 0.311 e. The quantitative estimate of drug-likeness (QED) is 0.637. The van der Waals surface area contributed by atoms with Gasteiger partial charge >= 0.3 is 5.97 Å². The van der Waals surface area contributed by atoms with Crippen LogP contribution in [0.2, 0.25) is 5.02 Å². The fourth-order valence-corrected chi connectivity index (χ4v) is 5.79. The molecule has 0 amide bonds. The Morgan fingerprint density at radius 3 is 2.71 bits per heavy atom. The largest absolute Gasteiger partial charge is 0.481 e. The monoisotopic (exact) mass is 374 g/mol. The molecule has 0 aromatic heterocycles. The number of nitro benzene ring substituents is 1. The van der Waals surface area contributed by atoms with Crippen molar-refractivity contribution in [3.63, 3.8) is 0 Å². The maximum Gasteiger partial charge on any atom is 0.311 e. The summed E-state index contributed by atoms with van der Waals surface area (Å²) in [4.78, 5) is 21.5. The van der Waals surface area contributed by atoms with E-state index in [2.05, 4.69) is 0 Å². The van der Waals surface area contributed by atoms with Gasteiger partial charge in [-0.25, -0.2) is 8.42 Å². The van der Waals surface area contributed by atoms with Crippen LogP contribution in [-0.4, -0.2) is 41.8 Å². The molecule has 1 aliphatic heterocycles. The molecule has 1 N–H and O–H groups in total. The molecule has 10 heteroatoms. The van der Waals surface area contributed by atoms with Crippen LogP contribution in [-0.2, 0) is 14.8 Å². The molecule has 0 unspecified atom stereocenters. The minimum Gasteiger partial charge on any atom is -0.481 e. The first-order chi connectivity index (χ1) is 11.2. The van der Waals surface area contributed by atoms with Gasteiger partial charge < -0.3 is 5.11 Å². The summed E-state index contributed by atoms with van der Waals surface area (Å²) in [5, 5.41) is 20.1. The minimum absolute atomic E-state index is 0.0946. The van der Waals surface area contributed by atoms with Crippen LogP contribution in [0, 0.1) is 21.4 Å². The average molecular weight is 375 g/mol. The number of carbonyl (C=O) groups is 1. The molecule has 1 aliphatic carbocycles. The van der Waals surface area contributed by atoms with Crippen LogP contribution in [0.15, 0.2) is 23.1 Å². The Hall–Kier alpha value is -1.71. The first kappa shape index (κ1) is 17.1. The highest BCUT2D eigenvalue weighted by Gasteiger charge is 2.57. The third kappa shape index (κ3) is 2.47. The van der Waals surface area contributed by atoms with Crippen molar-refractivity contribution in [3.8, 4) is 0 Å². The van der Waals surface area contributed by atoms with Crippen molar-refractivity contribution in [1.29, 1.82) is 0 Å². The number of rotatable bonds is 4. The molecule has 2 atom stereocenters. The Kier molecular flexibility index (Phi) is 4.05. The molecule has 1 aromatic rings. The number of nitrogens with zero attached hydrogens (tertiary/aromatic N) is 2. The number of sulfonamides is 1. The summed E-state index contributed by atoms with van der Waals surface area (Å²) in [7, 11) is -4.01. The molecular formula is C14H15ClN2O6S. The van der Waals surface area contributed by atoms with E-state index in [-0.39, 0.29) is 34.6 Å². The Morgan fingerprint density at radius 1 is 1.46 bits per heavy atom. The average Bonchev–Trinajstić information content (AvgIpc) is 3.04. The van der Waals surface area contributed by atoms with Crippen LogP contribution < -0.4 is 0 Å². The lowest BCUT2D eigenvalue weighted by molar-refractivity contribution is -0.384. The molecule has 3 rings (SSSR count). The number of hydrogen-bond acceptors (Lipinski definition) is 5. The van der Waals surface area contributed by atoms with Crippen LogP contribution in [0.3, 0.4) is 0 Å². The Bertz CT molecular complexity index is 827. The summed E-state index contributed by atoms with van der Waals surface area (Å²) in [6.07, 6.45) is 1.89. The van der Waals surface area contributed by atoms with Gasteiger partial charge in [0.25, 0.3) is 5.69 Å². The molecule has 24 heavy (non-hydrogen) atoms. The summed E-state index contributed by atoms with van der Waals surface area (Å²) >= 11 is 5.93. The Morgan fingerprint density at radius 2 is 2.17 bits per heavy atom. The molecule has 0 radical (unpaired) electrons. The zero-order valence-corrected chi connectivity index (χ0v) is 14.1. The van der Waals surface area contributed by atoms with E-state index in [1.165, 1.54) is 0 Å². The highest BCUT2D eigenvalue weighted by atomic mass is 35.5. The SMILES string of the molecule is O=C(O)[C@@]12CCC[C@H]1CN(S(=O)(=O)c1ccc([N+](=O)[O-])cc1Cl)C2. The molecule has 1 saturated carbocycles. The van der Waals surface area contributed by atoms with Gasteiger partial charge in [0.2, 0.25) is 10.0 Å². The van der Waals surface area contributed by atoms with E-state index in [4.69, 9.17) is 11.6 Å². The number of fused-ring (bicyclic) bond motifs is 1. The van der Waals surface area contributed by atoms with Crippen LogP contribution in [0.4, 0.5) is 5.69 Å². The van der Waals surface area contributed by atoms with Gasteiger partial charge in [0.15, 0.2) is 0 Å². The second-order valence-corrected chi connectivity index (χ2v) is 8.53. The second-order valence-electron chi connectivity index (χ2n) is 6.22. The zero-order chi connectivity index (χ0) is 17.7. The first-order valence-electron chi connectivity index (χ1n) is 7.36. The molecule has 2 aliphatic rings. The number of benzene rings is 1. The van der Waals surface area contributed by atoms with Crippen LogP contribution in [0.5, 0.6) is 0 Å². The van der Waals surface area contributed by atoms with E-state index in [0.717, 1.165) is 28.9 Å². The number of aliphatic carboxylic acids is 1. The van der Waals surface area contributed by atoms with Gasteiger partial charge in [-0.15, -0.1) is 0 Å². The van der Waals surface area contributed by atoms with Crippen molar-refractivity contribution >= 4 is 33.3 Å². The lowest BCUT2D eigenvalue weighted by atomic mass is 9.81. The van der Waals surface area contributed by atoms with Gasteiger partial charge in [-0.3, -0.25) is 14.9 Å². The molecule has 0 spiro atoms. The van der Waals surface area contributed by atoms with Crippen molar-refractivity contribution in [2.45, 2.75) is 24.2 Å². The van der Waals surface area contributed by atoms with Crippen molar-refractivity contribution in [2.24, 2.45) is 11.3 Å². The first-order valence-corrected chi connectivity index (χ1v) is 9.18. The van der Waals surface area contributed by atoms with Crippen molar-refractivity contribution < 1.29 is 23.2 Å². The summed E-state index contributed by atoms with van der Waals surface area (Å²) in [6.45, 7) is 0.0323. The van der Waals surface area contributed by atoms with Gasteiger partial charge in [0.1, 0.15) is 4.90 Å². The Labute approximate surface area is 143 Å². The number of nitro groups is 1. The molecule has 1 aromatic carbocycles. The molecule has 130 valence electrons. The van der Waals surface area contributed by atoms with Crippen molar-refractivity contribution in [1.82, 2.24) is 4.31 Å². The maximum absolute atomic E-state index is 12.8. The topological polar surface area (TPSA) is 118 Å². The summed E-state index contributed by atoms with van der Waals surface area (Å²) in [5.74, 6) is -1.20. The number of carboxylic acids is 1. The predicted octanol–water partition coefficient (Wildman–Crippen LogP) is 2.12. The predicted molar refractivity (Wildman–Crippen MR) is 84.3 cm³/mol. The standard InChI is InChI=1S/C14H15ClN2O6S/c15-11-6-10(17(20)21)3-4-12(11)24(22,23)16-7-9-2-1-5-14(9,8-16)13(18)19/h3-4,6,9H,1-2,5,7-8H2,(H,18,19)/t9-,14+/m0/s1. The van der Waals surface area contributed by atoms with Gasteiger partial charge in [0.05, 0.1) is 15.4 Å². The van der Waals surface area contributed by atoms with Gasteiger partial charge in [-0.2, -0.15) is 4.31 Å². The highest BCUT2D eigenvalue weighted by Crippen LogP contribution is 2.50. The lowest BCUT2D eigenvalue weighted by Gasteiger charge is -2.23. The number of hydrogen-bond donors (Lipinski definition) is 1. The Balaban J connectivity index is 1.95. The molecule has 8 nitrogen and oxygen atoms in total. The molecule has 1 saturated heterocycles. The van der Waals surface area contributed by atoms with E-state index < -0.39 is 26.3 Å². The molecule has 0 bridgehead atoms. The second kappa shape index (κ2) is 5.68. The van der Waals surface area contributed by atoms with E-state index in [1.54, 1.807) is 0 Å². The number of carboxylic acid groups (broad SMARTS) is 1. The maximum atomic E-state index is 12.8. The van der Waals surface area contributed by atoms with E-state index >= 15 is 0 Å². The number of non-ortho nitro benzene ring substituents is 1. The molecule has 1 heterocycles. The fraction of sp³-hybridized carbons (Fsp3) is 0.500. The summed E-state index contributed by atoms with van der Waals surface area (Å²) in [6, 6.07) is 3.15. The van der Waals surface area contributed by atoms with Gasteiger partial charge in [-0.1, -0.05) is 18.0 Å². The summed E-state index contributed by atoms with van der Waals surface area (Å²) < 4.78 is 26.8. The zero-order valence-electron chi connectivity index (χ0n) is 12.5. The van der Waals surface area contributed by atoms with E-state index in [0.29, 0.717) is 12.8 Å². The highest BCUT2D eigenvalue weighted by molar-refractivity contribution is 7.89. The van der Waals surface area contributed by atoms with Gasteiger partial charge in [-0.05, 0) is 24.8 Å². The molecule has 2 fully saturated rings. The van der Waals surface area contributed by atoms with Crippen molar-refractivity contribution in [2.75, 3.05) is 13.1 Å². The molecular weight excluding hydrogens is 360 g/mol. The van der Waals surface area contributed by atoms with E-state index in [9.17, 15) is 28.4 Å². The van der Waals surface area contributed by atoms with Crippen molar-refractivity contribution in [3.05, 3.63) is 33.3 Å². The third-order valence-electron chi connectivity index (χ3n) is 5.01. The van der Waals surface area contributed by atoms with E-state index in [1.807, 2.05) is 0 Å². The lowest BCUT2D eigenvalue weighted by Crippen LogP contribution is -2.37. The minimum atomic E-state index is -4.01. The summed E-state index contributed by atoms with van der Waals surface area (Å²) in [5.41, 5.74) is -1.35. The normalized spacial score (nSPS) is 27.1. The van der Waals surface area contributed by atoms with Crippen LogP contribution >= 0.6 is 11.6 Å².